The molecule has 6 nitrogen and oxygen atoms in total. The van der Waals surface area contributed by atoms with Crippen LogP contribution in [0.5, 0.6) is 5.75 Å². The molecule has 1 N–H and O–H groups in total. The fourth-order valence-electron chi connectivity index (χ4n) is 4.04. The number of carbonyl (C=O) groups excluding carboxylic acids is 3. The van der Waals surface area contributed by atoms with Gasteiger partial charge in [-0.05, 0) is 57.5 Å². The Morgan fingerprint density at radius 3 is 2.27 bits per heavy atom. The van der Waals surface area contributed by atoms with Gasteiger partial charge in [-0.2, -0.15) is 0 Å². The Bertz CT molecular complexity index is 932. The normalized spacial score (nSPS) is 21.6. The van der Waals surface area contributed by atoms with Crippen LogP contribution in [0.25, 0.3) is 0 Å². The van der Waals surface area contributed by atoms with Gasteiger partial charge in [0.25, 0.3) is 5.91 Å². The fraction of sp³-hybridized carbons (Fsp3) is 0.375. The lowest BCUT2D eigenvalue weighted by atomic mass is 9.73. The van der Waals surface area contributed by atoms with Gasteiger partial charge in [0.15, 0.2) is 5.78 Å². The molecule has 1 saturated heterocycles. The van der Waals surface area contributed by atoms with E-state index in [1.54, 1.807) is 37.2 Å². The van der Waals surface area contributed by atoms with Gasteiger partial charge in [0.05, 0.1) is 12.5 Å². The Kier molecular flexibility index (Phi) is 5.70. The van der Waals surface area contributed by atoms with Crippen molar-refractivity contribution in [3.8, 4) is 5.75 Å². The Balaban J connectivity index is 2.07. The first-order valence-corrected chi connectivity index (χ1v) is 9.96. The Morgan fingerprint density at radius 2 is 1.77 bits per heavy atom. The molecule has 0 bridgehead atoms. The lowest BCUT2D eigenvalue weighted by molar-refractivity contribution is -0.136. The summed E-state index contributed by atoms with van der Waals surface area (Å²) in [6.07, 6.45) is 7.97. The summed E-state index contributed by atoms with van der Waals surface area (Å²) in [4.78, 5) is 40.2. The minimum absolute atomic E-state index is 0.160. The predicted molar refractivity (Wildman–Crippen MR) is 115 cm³/mol. The quantitative estimate of drug-likeness (QED) is 0.778. The highest BCUT2D eigenvalue weighted by atomic mass is 16.5. The number of allylic oxidation sites excluding steroid dienone is 3. The van der Waals surface area contributed by atoms with E-state index in [4.69, 9.17) is 4.74 Å². The van der Waals surface area contributed by atoms with E-state index in [2.05, 4.69) is 5.32 Å². The molecule has 1 spiro atoms. The van der Waals surface area contributed by atoms with Crippen molar-refractivity contribution in [2.24, 2.45) is 5.41 Å². The standard InChI is InChI=1S/C24H28N2O4/c1-6-19-22(29)26(15-16-7-9-18(30-5)10-8-16)20(21(28)25-23(2,3)4)24(19)13-11-17(27)12-14-24/h6-14,20H,15H2,1-5H3,(H,25,28)/b19-6+. The highest BCUT2D eigenvalue weighted by Gasteiger charge is 2.56. The molecule has 2 amide bonds. The van der Waals surface area contributed by atoms with E-state index in [1.807, 2.05) is 45.0 Å². The third kappa shape index (κ3) is 3.95. The second kappa shape index (κ2) is 7.94. The minimum atomic E-state index is -0.985. The van der Waals surface area contributed by atoms with Crippen molar-refractivity contribution < 1.29 is 19.1 Å². The van der Waals surface area contributed by atoms with E-state index in [0.29, 0.717) is 5.57 Å². The van der Waals surface area contributed by atoms with Crippen LogP contribution in [-0.4, -0.2) is 41.2 Å². The smallest absolute Gasteiger partial charge is 0.251 e. The van der Waals surface area contributed by atoms with Gasteiger partial charge >= 0.3 is 0 Å². The van der Waals surface area contributed by atoms with Gasteiger partial charge in [-0.1, -0.05) is 30.4 Å². The third-order valence-corrected chi connectivity index (χ3v) is 5.32. The monoisotopic (exact) mass is 408 g/mol. The van der Waals surface area contributed by atoms with Crippen LogP contribution in [0.4, 0.5) is 0 Å². The van der Waals surface area contributed by atoms with Crippen molar-refractivity contribution in [2.45, 2.75) is 45.8 Å². The molecule has 1 atom stereocenters. The summed E-state index contributed by atoms with van der Waals surface area (Å²) in [6.45, 7) is 7.74. The van der Waals surface area contributed by atoms with Crippen LogP contribution >= 0.6 is 0 Å². The summed E-state index contributed by atoms with van der Waals surface area (Å²) in [5, 5.41) is 3.01. The van der Waals surface area contributed by atoms with Crippen molar-refractivity contribution in [1.29, 1.82) is 0 Å². The zero-order valence-corrected chi connectivity index (χ0v) is 18.1. The van der Waals surface area contributed by atoms with Crippen LogP contribution in [0.15, 0.2) is 60.2 Å². The molecule has 1 fully saturated rings. The van der Waals surface area contributed by atoms with Gasteiger partial charge in [0.1, 0.15) is 11.8 Å². The van der Waals surface area contributed by atoms with Crippen molar-refractivity contribution in [3.63, 3.8) is 0 Å². The molecule has 0 radical (unpaired) electrons. The lowest BCUT2D eigenvalue weighted by Crippen LogP contribution is -2.54. The number of hydrogen-bond donors (Lipinski definition) is 1. The summed E-state index contributed by atoms with van der Waals surface area (Å²) in [5.74, 6) is 0.0822. The second-order valence-corrected chi connectivity index (χ2v) is 8.63. The van der Waals surface area contributed by atoms with Gasteiger partial charge in [-0.3, -0.25) is 14.4 Å². The van der Waals surface area contributed by atoms with Gasteiger partial charge in [-0.15, -0.1) is 0 Å². The summed E-state index contributed by atoms with van der Waals surface area (Å²) < 4.78 is 5.21. The van der Waals surface area contributed by atoms with E-state index >= 15 is 0 Å². The van der Waals surface area contributed by atoms with Crippen molar-refractivity contribution in [2.75, 3.05) is 7.11 Å². The van der Waals surface area contributed by atoms with E-state index in [9.17, 15) is 14.4 Å². The molecule has 1 aromatic carbocycles. The molecule has 30 heavy (non-hydrogen) atoms. The number of rotatable bonds is 4. The number of ether oxygens (including phenoxy) is 1. The SMILES string of the molecule is C/C=C1\C(=O)N(Cc2ccc(OC)cc2)C(C(=O)NC(C)(C)C)C12C=CC(=O)C=C2. The van der Waals surface area contributed by atoms with E-state index < -0.39 is 17.0 Å². The van der Waals surface area contributed by atoms with Crippen LogP contribution in [0.3, 0.4) is 0 Å². The molecule has 1 aromatic rings. The van der Waals surface area contributed by atoms with E-state index in [-0.39, 0.29) is 24.1 Å². The average Bonchev–Trinajstić information content (AvgIpc) is 2.91. The predicted octanol–water partition coefficient (Wildman–Crippen LogP) is 2.95. The minimum Gasteiger partial charge on any atom is -0.497 e. The molecule has 0 aromatic heterocycles. The topological polar surface area (TPSA) is 75.7 Å². The van der Waals surface area contributed by atoms with Crippen LogP contribution < -0.4 is 10.1 Å². The number of carbonyl (C=O) groups is 3. The summed E-state index contributed by atoms with van der Waals surface area (Å²) in [7, 11) is 1.59. The molecule has 158 valence electrons. The number of benzene rings is 1. The molecular formula is C24H28N2O4. The summed E-state index contributed by atoms with van der Waals surface area (Å²) in [5.41, 5.74) is -0.0826. The zero-order chi connectivity index (χ0) is 22.1. The fourth-order valence-corrected chi connectivity index (χ4v) is 4.04. The first kappa shape index (κ1) is 21.6. The van der Waals surface area contributed by atoms with Crippen LogP contribution in [0.1, 0.15) is 33.3 Å². The number of amides is 2. The number of nitrogens with one attached hydrogen (secondary N) is 1. The van der Waals surface area contributed by atoms with Gasteiger partial charge in [0, 0.05) is 17.7 Å². The number of likely N-dealkylation sites (tertiary alicyclic amines) is 1. The van der Waals surface area contributed by atoms with E-state index in [1.165, 1.54) is 12.2 Å². The van der Waals surface area contributed by atoms with Crippen molar-refractivity contribution in [1.82, 2.24) is 10.2 Å². The zero-order valence-electron chi connectivity index (χ0n) is 18.1. The molecular weight excluding hydrogens is 380 g/mol. The van der Waals surface area contributed by atoms with Gasteiger partial charge in [-0.25, -0.2) is 0 Å². The number of hydrogen-bond acceptors (Lipinski definition) is 4. The van der Waals surface area contributed by atoms with Gasteiger partial charge in [0.2, 0.25) is 5.91 Å². The number of nitrogens with zero attached hydrogens (tertiary/aromatic N) is 1. The molecule has 1 aliphatic heterocycles. The summed E-state index contributed by atoms with van der Waals surface area (Å²) in [6, 6.07) is 6.60. The average molecular weight is 408 g/mol. The third-order valence-electron chi connectivity index (χ3n) is 5.32. The second-order valence-electron chi connectivity index (χ2n) is 8.63. The van der Waals surface area contributed by atoms with Crippen LogP contribution in [0, 0.1) is 5.41 Å². The highest BCUT2D eigenvalue weighted by molar-refractivity contribution is 6.08. The number of methoxy groups -OCH3 is 1. The molecule has 3 rings (SSSR count). The molecule has 0 saturated carbocycles. The van der Waals surface area contributed by atoms with Crippen molar-refractivity contribution in [3.05, 3.63) is 65.8 Å². The van der Waals surface area contributed by atoms with Crippen molar-refractivity contribution >= 4 is 17.6 Å². The van der Waals surface area contributed by atoms with Crippen LogP contribution in [0.2, 0.25) is 0 Å². The molecule has 1 aliphatic carbocycles. The van der Waals surface area contributed by atoms with Gasteiger partial charge < -0.3 is 15.0 Å². The Morgan fingerprint density at radius 1 is 1.17 bits per heavy atom. The first-order chi connectivity index (χ1) is 14.1. The summed E-state index contributed by atoms with van der Waals surface area (Å²) >= 11 is 0. The van der Waals surface area contributed by atoms with Crippen LogP contribution in [-0.2, 0) is 20.9 Å². The Hall–Kier alpha value is -3.15. The molecule has 6 heteroatoms. The Labute approximate surface area is 177 Å². The maximum atomic E-state index is 13.4. The maximum absolute atomic E-state index is 13.4. The largest absolute Gasteiger partial charge is 0.497 e. The highest BCUT2D eigenvalue weighted by Crippen LogP contribution is 2.47. The van der Waals surface area contributed by atoms with E-state index in [0.717, 1.165) is 11.3 Å². The maximum Gasteiger partial charge on any atom is 0.251 e. The molecule has 1 unspecified atom stereocenters. The lowest BCUT2D eigenvalue weighted by Gasteiger charge is -2.35. The molecule has 1 heterocycles. The molecule has 2 aliphatic rings. The first-order valence-electron chi connectivity index (χ1n) is 9.96. The number of ketones is 1.